The van der Waals surface area contributed by atoms with Gasteiger partial charge in [0.25, 0.3) is 5.91 Å². The molecular weight excluding hydrogens is 352 g/mol. The fraction of sp³-hybridized carbons (Fsp3) is 0.222. The Morgan fingerprint density at radius 2 is 1.96 bits per heavy atom. The van der Waals surface area contributed by atoms with Crippen molar-refractivity contribution in [3.05, 3.63) is 64.7 Å². The topological polar surface area (TPSA) is 84.7 Å². The highest BCUT2D eigenvalue weighted by molar-refractivity contribution is 6.33. The first kappa shape index (κ1) is 17.9. The van der Waals surface area contributed by atoms with Crippen molar-refractivity contribution < 1.29 is 4.79 Å². The first-order valence-corrected chi connectivity index (χ1v) is 8.54. The maximum atomic E-state index is 12.1. The SMILES string of the molecule is Cc1cc(C)n(-c2cc(NCCNC(=O)c3ccccc3Cl)ncn2)n1. The summed E-state index contributed by atoms with van der Waals surface area (Å²) in [5.41, 5.74) is 2.39. The van der Waals surface area contributed by atoms with Crippen LogP contribution in [0.5, 0.6) is 0 Å². The summed E-state index contributed by atoms with van der Waals surface area (Å²) in [7, 11) is 0. The summed E-state index contributed by atoms with van der Waals surface area (Å²) in [6.07, 6.45) is 1.48. The Morgan fingerprint density at radius 3 is 2.69 bits per heavy atom. The smallest absolute Gasteiger partial charge is 0.252 e. The van der Waals surface area contributed by atoms with Crippen molar-refractivity contribution in [2.75, 3.05) is 18.4 Å². The van der Waals surface area contributed by atoms with Gasteiger partial charge in [-0.25, -0.2) is 14.6 Å². The van der Waals surface area contributed by atoms with E-state index in [2.05, 4.69) is 25.7 Å². The quantitative estimate of drug-likeness (QED) is 0.652. The molecule has 1 amide bonds. The van der Waals surface area contributed by atoms with E-state index in [0.717, 1.165) is 11.4 Å². The number of benzene rings is 1. The summed E-state index contributed by atoms with van der Waals surface area (Å²) in [5, 5.41) is 10.8. The number of amides is 1. The zero-order chi connectivity index (χ0) is 18.5. The Kier molecular flexibility index (Phi) is 5.48. The molecule has 0 radical (unpaired) electrons. The minimum atomic E-state index is -0.205. The highest BCUT2D eigenvalue weighted by Crippen LogP contribution is 2.14. The number of carbonyl (C=O) groups is 1. The second-order valence-electron chi connectivity index (χ2n) is 5.76. The maximum Gasteiger partial charge on any atom is 0.252 e. The van der Waals surface area contributed by atoms with E-state index >= 15 is 0 Å². The van der Waals surface area contributed by atoms with Crippen LogP contribution in [0.15, 0.2) is 42.7 Å². The maximum absolute atomic E-state index is 12.1. The largest absolute Gasteiger partial charge is 0.368 e. The molecule has 26 heavy (non-hydrogen) atoms. The lowest BCUT2D eigenvalue weighted by atomic mass is 10.2. The van der Waals surface area contributed by atoms with Gasteiger partial charge in [0.1, 0.15) is 12.1 Å². The molecule has 7 nitrogen and oxygen atoms in total. The van der Waals surface area contributed by atoms with Crippen LogP contribution >= 0.6 is 11.6 Å². The van der Waals surface area contributed by atoms with Crippen LogP contribution < -0.4 is 10.6 Å². The molecule has 2 aromatic heterocycles. The molecule has 2 heterocycles. The van der Waals surface area contributed by atoms with Crippen LogP contribution in [0.4, 0.5) is 5.82 Å². The Morgan fingerprint density at radius 1 is 1.15 bits per heavy atom. The van der Waals surface area contributed by atoms with Gasteiger partial charge in [0.15, 0.2) is 5.82 Å². The number of hydrogen-bond donors (Lipinski definition) is 2. The van der Waals surface area contributed by atoms with Crippen molar-refractivity contribution >= 4 is 23.3 Å². The monoisotopic (exact) mass is 370 g/mol. The van der Waals surface area contributed by atoms with Crippen molar-refractivity contribution in [2.24, 2.45) is 0 Å². The van der Waals surface area contributed by atoms with Crippen LogP contribution in [0.1, 0.15) is 21.7 Å². The molecule has 0 spiro atoms. The lowest BCUT2D eigenvalue weighted by Gasteiger charge is -2.09. The summed E-state index contributed by atoms with van der Waals surface area (Å²) in [6.45, 7) is 4.86. The molecule has 1 aromatic carbocycles. The Hall–Kier alpha value is -2.93. The summed E-state index contributed by atoms with van der Waals surface area (Å²) < 4.78 is 1.77. The minimum Gasteiger partial charge on any atom is -0.368 e. The van der Waals surface area contributed by atoms with Gasteiger partial charge in [0, 0.05) is 24.8 Å². The van der Waals surface area contributed by atoms with Crippen molar-refractivity contribution in [1.82, 2.24) is 25.1 Å². The van der Waals surface area contributed by atoms with E-state index in [1.54, 1.807) is 28.9 Å². The van der Waals surface area contributed by atoms with Gasteiger partial charge in [-0.2, -0.15) is 5.10 Å². The predicted molar refractivity (Wildman–Crippen MR) is 101 cm³/mol. The molecule has 8 heteroatoms. The van der Waals surface area contributed by atoms with Crippen molar-refractivity contribution in [2.45, 2.75) is 13.8 Å². The Balaban J connectivity index is 1.56. The van der Waals surface area contributed by atoms with Crippen molar-refractivity contribution in [3.63, 3.8) is 0 Å². The molecule has 3 rings (SSSR count). The highest BCUT2D eigenvalue weighted by atomic mass is 35.5. The first-order chi connectivity index (χ1) is 12.5. The van der Waals surface area contributed by atoms with Gasteiger partial charge in [-0.15, -0.1) is 0 Å². The summed E-state index contributed by atoms with van der Waals surface area (Å²) in [5.74, 6) is 1.14. The third-order valence-corrected chi connectivity index (χ3v) is 4.04. The lowest BCUT2D eigenvalue weighted by molar-refractivity contribution is 0.0955. The molecule has 0 aliphatic heterocycles. The second kappa shape index (κ2) is 7.97. The minimum absolute atomic E-state index is 0.205. The molecule has 0 saturated carbocycles. The van der Waals surface area contributed by atoms with Crippen LogP contribution in [0.25, 0.3) is 5.82 Å². The average molecular weight is 371 g/mol. The summed E-state index contributed by atoms with van der Waals surface area (Å²) in [6, 6.07) is 10.7. The summed E-state index contributed by atoms with van der Waals surface area (Å²) in [4.78, 5) is 20.5. The number of aryl methyl sites for hydroxylation is 2. The van der Waals surface area contributed by atoms with Gasteiger partial charge >= 0.3 is 0 Å². The lowest BCUT2D eigenvalue weighted by Crippen LogP contribution is -2.29. The van der Waals surface area contributed by atoms with E-state index in [1.807, 2.05) is 26.0 Å². The van der Waals surface area contributed by atoms with Gasteiger partial charge in [-0.3, -0.25) is 4.79 Å². The molecular formula is C18H19ClN6O. The molecule has 0 unspecified atom stereocenters. The van der Waals surface area contributed by atoms with Gasteiger partial charge in [0.05, 0.1) is 16.3 Å². The number of rotatable bonds is 6. The molecule has 134 valence electrons. The van der Waals surface area contributed by atoms with Crippen LogP contribution in [0, 0.1) is 13.8 Å². The van der Waals surface area contributed by atoms with Gasteiger partial charge in [-0.05, 0) is 32.0 Å². The number of hydrogen-bond acceptors (Lipinski definition) is 5. The predicted octanol–water partition coefficient (Wildman–Crippen LogP) is 2.77. The van der Waals surface area contributed by atoms with E-state index in [4.69, 9.17) is 11.6 Å². The van der Waals surface area contributed by atoms with Crippen LogP contribution in [0.3, 0.4) is 0 Å². The standard InChI is InChI=1S/C18H19ClN6O/c1-12-9-13(2)25(24-12)17-10-16(22-11-23-17)20-7-8-21-18(26)14-5-3-4-6-15(14)19/h3-6,9-11H,7-8H2,1-2H3,(H,21,26)(H,20,22,23). The van der Waals surface area contributed by atoms with E-state index in [0.29, 0.717) is 35.3 Å². The molecule has 3 aromatic rings. The number of carbonyl (C=O) groups excluding carboxylic acids is 1. The number of nitrogens with zero attached hydrogens (tertiary/aromatic N) is 4. The zero-order valence-electron chi connectivity index (χ0n) is 14.5. The molecule has 0 bridgehead atoms. The Labute approximate surface area is 156 Å². The first-order valence-electron chi connectivity index (χ1n) is 8.17. The van der Waals surface area contributed by atoms with Crippen molar-refractivity contribution in [1.29, 1.82) is 0 Å². The third-order valence-electron chi connectivity index (χ3n) is 3.71. The van der Waals surface area contributed by atoms with Gasteiger partial charge in [-0.1, -0.05) is 23.7 Å². The molecule has 0 saturated heterocycles. The van der Waals surface area contributed by atoms with Crippen molar-refractivity contribution in [3.8, 4) is 5.82 Å². The highest BCUT2D eigenvalue weighted by Gasteiger charge is 2.09. The van der Waals surface area contributed by atoms with E-state index in [-0.39, 0.29) is 5.91 Å². The molecule has 0 atom stereocenters. The normalized spacial score (nSPS) is 10.6. The van der Waals surface area contributed by atoms with Crippen LogP contribution in [0.2, 0.25) is 5.02 Å². The Bertz CT molecular complexity index is 924. The molecule has 2 N–H and O–H groups in total. The van der Waals surface area contributed by atoms with E-state index in [9.17, 15) is 4.79 Å². The fourth-order valence-corrected chi connectivity index (χ4v) is 2.75. The second-order valence-corrected chi connectivity index (χ2v) is 6.17. The van der Waals surface area contributed by atoms with Gasteiger partial charge < -0.3 is 10.6 Å². The number of aromatic nitrogens is 4. The number of halogens is 1. The van der Waals surface area contributed by atoms with Crippen LogP contribution in [-0.2, 0) is 0 Å². The summed E-state index contributed by atoms with van der Waals surface area (Å²) >= 11 is 6.02. The van der Waals surface area contributed by atoms with Gasteiger partial charge in [0.2, 0.25) is 0 Å². The zero-order valence-corrected chi connectivity index (χ0v) is 15.3. The van der Waals surface area contributed by atoms with E-state index < -0.39 is 0 Å². The molecule has 0 aliphatic carbocycles. The molecule has 0 aliphatic rings. The average Bonchev–Trinajstić information content (AvgIpc) is 2.97. The fourth-order valence-electron chi connectivity index (χ4n) is 2.53. The van der Waals surface area contributed by atoms with Crippen LogP contribution in [-0.4, -0.2) is 38.7 Å². The number of nitrogens with one attached hydrogen (secondary N) is 2. The third kappa shape index (κ3) is 4.18. The van der Waals surface area contributed by atoms with E-state index in [1.165, 1.54) is 6.33 Å². The molecule has 0 fully saturated rings. The number of anilines is 1.